The van der Waals surface area contributed by atoms with E-state index in [2.05, 4.69) is 4.98 Å². The molecule has 2 N–H and O–H groups in total. The molecule has 1 heterocycles. The minimum Gasteiger partial charge on any atom is -0.480 e. The number of rotatable bonds is 9. The Balaban J connectivity index is 2.20. The number of carbonyl (C=O) groups is 1. The lowest BCUT2D eigenvalue weighted by atomic mass is 10.1. The number of nitrogens with zero attached hydrogens (tertiary/aromatic N) is 2. The largest absolute Gasteiger partial charge is 0.480 e. The number of aromatic nitrogens is 2. The van der Waals surface area contributed by atoms with Crippen LogP contribution in [-0.2, 0) is 17.9 Å². The molecular weight excluding hydrogens is 324 g/mol. The smallest absolute Gasteiger partial charge is 0.317 e. The quantitative estimate of drug-likeness (QED) is 0.679. The predicted octanol–water partition coefficient (Wildman–Crippen LogP) is 3.47. The van der Waals surface area contributed by atoms with E-state index in [-0.39, 0.29) is 6.61 Å². The molecule has 24 heavy (non-hydrogen) atoms. The van der Waals surface area contributed by atoms with Gasteiger partial charge in [0.1, 0.15) is 5.25 Å². The first kappa shape index (κ1) is 18.5. The van der Waals surface area contributed by atoms with Gasteiger partial charge in [0.25, 0.3) is 0 Å². The number of thioether (sulfide) groups is 1. The van der Waals surface area contributed by atoms with Crippen LogP contribution in [0.4, 0.5) is 0 Å². The summed E-state index contributed by atoms with van der Waals surface area (Å²) in [5.41, 5.74) is 2.87. The number of benzene rings is 1. The molecule has 1 atom stereocenters. The van der Waals surface area contributed by atoms with Crippen LogP contribution in [0.25, 0.3) is 0 Å². The van der Waals surface area contributed by atoms with Gasteiger partial charge in [-0.2, -0.15) is 0 Å². The fourth-order valence-corrected chi connectivity index (χ4v) is 3.44. The Bertz CT molecular complexity index is 667. The molecule has 0 bridgehead atoms. The van der Waals surface area contributed by atoms with Gasteiger partial charge in [0.15, 0.2) is 5.16 Å². The molecule has 0 unspecified atom stereocenters. The van der Waals surface area contributed by atoms with Gasteiger partial charge in [0, 0.05) is 12.7 Å². The number of aliphatic hydroxyl groups excluding tert-OH is 1. The molecule has 0 aliphatic carbocycles. The van der Waals surface area contributed by atoms with E-state index in [0.29, 0.717) is 23.8 Å². The maximum Gasteiger partial charge on any atom is 0.317 e. The fourth-order valence-electron chi connectivity index (χ4n) is 2.37. The van der Waals surface area contributed by atoms with Crippen molar-refractivity contribution < 1.29 is 15.0 Å². The number of aryl methyl sites for hydroxylation is 1. The monoisotopic (exact) mass is 348 g/mol. The third-order valence-electron chi connectivity index (χ3n) is 3.77. The van der Waals surface area contributed by atoms with Crippen molar-refractivity contribution in [1.29, 1.82) is 0 Å². The van der Waals surface area contributed by atoms with Crippen LogP contribution in [0, 0.1) is 6.92 Å². The Labute approximate surface area is 146 Å². The molecule has 0 amide bonds. The van der Waals surface area contributed by atoms with Crippen molar-refractivity contribution in [2.45, 2.75) is 56.7 Å². The van der Waals surface area contributed by atoms with Crippen molar-refractivity contribution in [3.05, 3.63) is 47.3 Å². The third-order valence-corrected chi connectivity index (χ3v) is 5.03. The Morgan fingerprint density at radius 3 is 2.62 bits per heavy atom. The van der Waals surface area contributed by atoms with E-state index in [1.807, 2.05) is 42.7 Å². The number of carboxylic acid groups (broad SMARTS) is 1. The molecular formula is C18H24N2O3S. The summed E-state index contributed by atoms with van der Waals surface area (Å²) in [5, 5.41) is 18.9. The fraction of sp³-hybridized carbons (Fsp3) is 0.444. The van der Waals surface area contributed by atoms with Gasteiger partial charge in [0.05, 0.1) is 12.3 Å². The number of imidazole rings is 1. The molecule has 0 saturated carbocycles. The number of hydrogen-bond acceptors (Lipinski definition) is 4. The second-order valence-corrected chi connectivity index (χ2v) is 7.04. The predicted molar refractivity (Wildman–Crippen MR) is 95.2 cm³/mol. The van der Waals surface area contributed by atoms with Crippen LogP contribution >= 0.6 is 11.8 Å². The van der Waals surface area contributed by atoms with Gasteiger partial charge in [-0.3, -0.25) is 4.79 Å². The van der Waals surface area contributed by atoms with Crippen LogP contribution in [0.1, 0.15) is 43.0 Å². The third kappa shape index (κ3) is 5.11. The minimum absolute atomic E-state index is 0.152. The Morgan fingerprint density at radius 1 is 1.33 bits per heavy atom. The number of carboxylic acids is 1. The molecule has 0 saturated heterocycles. The normalized spacial score (nSPS) is 12.3. The summed E-state index contributed by atoms with van der Waals surface area (Å²) in [6.07, 6.45) is 4.24. The van der Waals surface area contributed by atoms with Crippen molar-refractivity contribution in [2.75, 3.05) is 0 Å². The van der Waals surface area contributed by atoms with Crippen molar-refractivity contribution in [2.24, 2.45) is 0 Å². The minimum atomic E-state index is -0.816. The number of aliphatic hydroxyl groups is 1. The first-order valence-electron chi connectivity index (χ1n) is 8.15. The first-order valence-corrected chi connectivity index (χ1v) is 9.03. The van der Waals surface area contributed by atoms with Gasteiger partial charge in [0.2, 0.25) is 0 Å². The number of hydrogen-bond donors (Lipinski definition) is 2. The highest BCUT2D eigenvalue weighted by Gasteiger charge is 2.21. The molecule has 0 fully saturated rings. The van der Waals surface area contributed by atoms with Crippen LogP contribution in [0.5, 0.6) is 0 Å². The summed E-state index contributed by atoms with van der Waals surface area (Å²) < 4.78 is 1.92. The Morgan fingerprint density at radius 2 is 2.04 bits per heavy atom. The van der Waals surface area contributed by atoms with E-state index < -0.39 is 11.2 Å². The molecule has 0 aliphatic rings. The second kappa shape index (κ2) is 8.89. The molecule has 130 valence electrons. The molecule has 6 heteroatoms. The average Bonchev–Trinajstić information content (AvgIpc) is 2.95. The summed E-state index contributed by atoms with van der Waals surface area (Å²) >= 11 is 1.26. The lowest BCUT2D eigenvalue weighted by Gasteiger charge is -2.13. The van der Waals surface area contributed by atoms with Gasteiger partial charge >= 0.3 is 5.97 Å². The molecule has 2 rings (SSSR count). The highest BCUT2D eigenvalue weighted by Crippen LogP contribution is 2.27. The zero-order chi connectivity index (χ0) is 17.5. The average molecular weight is 348 g/mol. The maximum atomic E-state index is 11.5. The van der Waals surface area contributed by atoms with Crippen LogP contribution in [0.3, 0.4) is 0 Å². The molecule has 1 aromatic carbocycles. The molecule has 0 radical (unpaired) electrons. The van der Waals surface area contributed by atoms with E-state index in [1.54, 1.807) is 6.20 Å². The zero-order valence-corrected chi connectivity index (χ0v) is 14.9. The van der Waals surface area contributed by atoms with E-state index in [1.165, 1.54) is 17.3 Å². The first-order chi connectivity index (χ1) is 11.5. The number of unbranched alkanes of at least 4 members (excludes halogenated alkanes) is 1. The van der Waals surface area contributed by atoms with Gasteiger partial charge in [-0.05, 0) is 18.9 Å². The summed E-state index contributed by atoms with van der Waals surface area (Å²) in [6.45, 7) is 4.54. The van der Waals surface area contributed by atoms with Crippen molar-refractivity contribution >= 4 is 17.7 Å². The lowest BCUT2D eigenvalue weighted by molar-refractivity contribution is -0.136. The van der Waals surface area contributed by atoms with E-state index in [9.17, 15) is 15.0 Å². The second-order valence-electron chi connectivity index (χ2n) is 5.87. The summed E-state index contributed by atoms with van der Waals surface area (Å²) in [7, 11) is 0. The Hall–Kier alpha value is -1.79. The van der Waals surface area contributed by atoms with E-state index in [4.69, 9.17) is 0 Å². The highest BCUT2D eigenvalue weighted by molar-refractivity contribution is 8.00. The SMILES string of the molecule is CCCC[C@@H](Sc1nc(CO)cn1Cc1ccc(C)cc1)C(=O)O. The molecule has 2 aromatic rings. The molecule has 1 aromatic heterocycles. The standard InChI is InChI=1S/C18H24N2O3S/c1-3-4-5-16(17(22)23)24-18-19-15(12-21)11-20(18)10-14-8-6-13(2)7-9-14/h6-9,11,16,21H,3-5,10,12H2,1-2H3,(H,22,23)/t16-/m1/s1. The van der Waals surface area contributed by atoms with Crippen molar-refractivity contribution in [3.63, 3.8) is 0 Å². The van der Waals surface area contributed by atoms with Gasteiger partial charge in [-0.25, -0.2) is 4.98 Å². The van der Waals surface area contributed by atoms with E-state index >= 15 is 0 Å². The van der Waals surface area contributed by atoms with Gasteiger partial charge in [-0.1, -0.05) is 61.4 Å². The highest BCUT2D eigenvalue weighted by atomic mass is 32.2. The topological polar surface area (TPSA) is 75.4 Å². The van der Waals surface area contributed by atoms with Crippen molar-refractivity contribution in [1.82, 2.24) is 9.55 Å². The lowest BCUT2D eigenvalue weighted by Crippen LogP contribution is -2.17. The molecule has 0 spiro atoms. The van der Waals surface area contributed by atoms with Crippen LogP contribution in [0.15, 0.2) is 35.6 Å². The zero-order valence-electron chi connectivity index (χ0n) is 14.1. The van der Waals surface area contributed by atoms with Crippen LogP contribution in [-0.4, -0.2) is 31.0 Å². The maximum absolute atomic E-state index is 11.5. The molecule has 5 nitrogen and oxygen atoms in total. The van der Waals surface area contributed by atoms with Crippen LogP contribution < -0.4 is 0 Å². The van der Waals surface area contributed by atoms with Gasteiger partial charge in [-0.15, -0.1) is 0 Å². The summed E-state index contributed by atoms with van der Waals surface area (Å²) in [4.78, 5) is 15.9. The summed E-state index contributed by atoms with van der Waals surface area (Å²) in [5.74, 6) is -0.816. The van der Waals surface area contributed by atoms with E-state index in [0.717, 1.165) is 18.4 Å². The van der Waals surface area contributed by atoms with Crippen LogP contribution in [0.2, 0.25) is 0 Å². The van der Waals surface area contributed by atoms with Gasteiger partial charge < -0.3 is 14.8 Å². The molecule has 0 aliphatic heterocycles. The Kier molecular flexibility index (Phi) is 6.87. The summed E-state index contributed by atoms with van der Waals surface area (Å²) in [6, 6.07) is 8.20. The van der Waals surface area contributed by atoms with Crippen molar-refractivity contribution in [3.8, 4) is 0 Å². The number of aliphatic carboxylic acids is 1.